The van der Waals surface area contributed by atoms with E-state index in [-0.39, 0.29) is 18.0 Å². The van der Waals surface area contributed by atoms with Gasteiger partial charge in [-0.3, -0.25) is 4.79 Å². The lowest BCUT2D eigenvalue weighted by Gasteiger charge is -2.22. The highest BCUT2D eigenvalue weighted by molar-refractivity contribution is 7.20. The Kier molecular flexibility index (Phi) is 6.81. The van der Waals surface area contributed by atoms with Crippen LogP contribution in [0.2, 0.25) is 5.02 Å². The number of nitrogens with zero attached hydrogens (tertiary/aromatic N) is 4. The van der Waals surface area contributed by atoms with E-state index in [1.54, 1.807) is 0 Å². The van der Waals surface area contributed by atoms with Crippen molar-refractivity contribution in [2.75, 3.05) is 23.8 Å². The number of fused-ring (bicyclic) bond motifs is 1. The van der Waals surface area contributed by atoms with E-state index in [0.717, 1.165) is 32.7 Å². The van der Waals surface area contributed by atoms with Gasteiger partial charge in [-0.25, -0.2) is 4.98 Å². The standard InChI is InChI=1S/C25H29ClN6OS/c1-16-6-10-18(11-7-16)21-22(29-25(2,3)4)32-23(28-21)34-24(30-32)31(5)15-20(33)27-14-17-8-12-19(26)13-9-17/h6-13,29H,14-15H2,1-5H3,(H,27,33). The first-order chi connectivity index (χ1) is 16.1. The summed E-state index contributed by atoms with van der Waals surface area (Å²) in [5, 5.41) is 12.7. The van der Waals surface area contributed by atoms with Crippen LogP contribution < -0.4 is 15.5 Å². The molecular weight excluding hydrogens is 468 g/mol. The molecule has 2 aromatic heterocycles. The number of rotatable bonds is 7. The smallest absolute Gasteiger partial charge is 0.239 e. The largest absolute Gasteiger partial charge is 0.364 e. The zero-order valence-electron chi connectivity index (χ0n) is 20.0. The summed E-state index contributed by atoms with van der Waals surface area (Å²) < 4.78 is 1.84. The Hall–Kier alpha value is -3.10. The third-order valence-corrected chi connectivity index (χ3v) is 6.40. The second-order valence-corrected chi connectivity index (χ2v) is 10.8. The van der Waals surface area contributed by atoms with Crippen molar-refractivity contribution >= 4 is 44.8 Å². The van der Waals surface area contributed by atoms with E-state index in [2.05, 4.69) is 62.6 Å². The molecule has 4 rings (SSSR count). The van der Waals surface area contributed by atoms with E-state index in [0.29, 0.717) is 11.6 Å². The van der Waals surface area contributed by atoms with Gasteiger partial charge in [0, 0.05) is 29.7 Å². The molecule has 2 N–H and O–H groups in total. The Morgan fingerprint density at radius 3 is 2.44 bits per heavy atom. The molecule has 0 saturated carbocycles. The summed E-state index contributed by atoms with van der Waals surface area (Å²) in [7, 11) is 1.86. The normalized spacial score (nSPS) is 11.6. The molecule has 0 radical (unpaired) electrons. The first-order valence-electron chi connectivity index (χ1n) is 11.1. The maximum Gasteiger partial charge on any atom is 0.239 e. The quantitative estimate of drug-likeness (QED) is 0.359. The summed E-state index contributed by atoms with van der Waals surface area (Å²) in [5.74, 6) is 0.758. The minimum atomic E-state index is -0.174. The lowest BCUT2D eigenvalue weighted by Crippen LogP contribution is -2.34. The second kappa shape index (κ2) is 9.64. The van der Waals surface area contributed by atoms with Gasteiger partial charge < -0.3 is 15.5 Å². The molecule has 0 aliphatic heterocycles. The van der Waals surface area contributed by atoms with Crippen LogP contribution in [0, 0.1) is 6.92 Å². The number of amides is 1. The molecule has 0 spiro atoms. The van der Waals surface area contributed by atoms with E-state index in [1.807, 2.05) is 40.7 Å². The Morgan fingerprint density at radius 1 is 1.12 bits per heavy atom. The summed E-state index contributed by atoms with van der Waals surface area (Å²) in [6, 6.07) is 15.7. The summed E-state index contributed by atoms with van der Waals surface area (Å²) >= 11 is 7.38. The number of carbonyl (C=O) groups excluding carboxylic acids is 1. The highest BCUT2D eigenvalue weighted by atomic mass is 35.5. The van der Waals surface area contributed by atoms with Gasteiger partial charge in [-0.2, -0.15) is 4.52 Å². The monoisotopic (exact) mass is 496 g/mol. The molecule has 1 amide bonds. The van der Waals surface area contributed by atoms with Crippen molar-refractivity contribution in [1.29, 1.82) is 0 Å². The van der Waals surface area contributed by atoms with Crippen molar-refractivity contribution in [3.8, 4) is 11.3 Å². The number of nitrogens with one attached hydrogen (secondary N) is 2. The summed E-state index contributed by atoms with van der Waals surface area (Å²) in [6.07, 6.45) is 0. The third kappa shape index (κ3) is 5.69. The third-order valence-electron chi connectivity index (χ3n) is 5.12. The predicted octanol–water partition coefficient (Wildman–Crippen LogP) is 5.38. The summed E-state index contributed by atoms with van der Waals surface area (Å²) in [5.41, 5.74) is 3.92. The van der Waals surface area contributed by atoms with Gasteiger partial charge in [0.2, 0.25) is 16.0 Å². The number of aromatic nitrogens is 3. The molecule has 0 aliphatic rings. The van der Waals surface area contributed by atoms with Crippen molar-refractivity contribution in [3.63, 3.8) is 0 Å². The first-order valence-corrected chi connectivity index (χ1v) is 12.3. The van der Waals surface area contributed by atoms with Crippen LogP contribution in [0.1, 0.15) is 31.9 Å². The minimum absolute atomic E-state index is 0.0846. The predicted molar refractivity (Wildman–Crippen MR) is 141 cm³/mol. The molecule has 0 aliphatic carbocycles. The van der Waals surface area contributed by atoms with Crippen molar-refractivity contribution in [1.82, 2.24) is 19.9 Å². The number of carbonyl (C=O) groups is 1. The molecule has 178 valence electrons. The van der Waals surface area contributed by atoms with E-state index in [4.69, 9.17) is 21.7 Å². The van der Waals surface area contributed by atoms with E-state index in [1.165, 1.54) is 16.9 Å². The number of aryl methyl sites for hydroxylation is 1. The van der Waals surface area contributed by atoms with Crippen molar-refractivity contribution < 1.29 is 4.79 Å². The molecule has 0 bridgehead atoms. The fraction of sp³-hybridized carbons (Fsp3) is 0.320. The lowest BCUT2D eigenvalue weighted by atomic mass is 10.1. The maximum absolute atomic E-state index is 12.5. The fourth-order valence-electron chi connectivity index (χ4n) is 3.41. The number of imidazole rings is 1. The SMILES string of the molecule is Cc1ccc(-c2nc3sc(N(C)CC(=O)NCc4ccc(Cl)cc4)nn3c2NC(C)(C)C)cc1. The average molecular weight is 497 g/mol. The van der Waals surface area contributed by atoms with Crippen LogP contribution in [0.4, 0.5) is 10.9 Å². The van der Waals surface area contributed by atoms with Gasteiger partial charge in [0.15, 0.2) is 5.82 Å². The fourth-order valence-corrected chi connectivity index (χ4v) is 4.40. The van der Waals surface area contributed by atoms with E-state index >= 15 is 0 Å². The zero-order chi connectivity index (χ0) is 24.5. The Balaban J connectivity index is 1.53. The number of anilines is 2. The number of likely N-dealkylation sites (N-methyl/N-ethyl adjacent to an activating group) is 1. The van der Waals surface area contributed by atoms with Gasteiger partial charge in [-0.1, -0.05) is 64.9 Å². The van der Waals surface area contributed by atoms with Gasteiger partial charge >= 0.3 is 0 Å². The molecule has 4 aromatic rings. The van der Waals surface area contributed by atoms with Gasteiger partial charge in [0.1, 0.15) is 5.69 Å². The molecule has 2 heterocycles. The second-order valence-electron chi connectivity index (χ2n) is 9.39. The molecule has 0 fully saturated rings. The summed E-state index contributed by atoms with van der Waals surface area (Å²) in [6.45, 7) is 9.03. The van der Waals surface area contributed by atoms with Crippen LogP contribution in [-0.2, 0) is 11.3 Å². The Labute approximate surface area is 208 Å². The molecule has 0 saturated heterocycles. The highest BCUT2D eigenvalue weighted by Crippen LogP contribution is 2.34. The average Bonchev–Trinajstić information content (AvgIpc) is 3.32. The van der Waals surface area contributed by atoms with E-state index < -0.39 is 0 Å². The number of hydrogen-bond acceptors (Lipinski definition) is 6. The van der Waals surface area contributed by atoms with Gasteiger partial charge in [0.25, 0.3) is 0 Å². The zero-order valence-corrected chi connectivity index (χ0v) is 21.6. The van der Waals surface area contributed by atoms with Crippen LogP contribution in [0.15, 0.2) is 48.5 Å². The number of hydrogen-bond donors (Lipinski definition) is 2. The van der Waals surface area contributed by atoms with Crippen molar-refractivity contribution in [3.05, 3.63) is 64.7 Å². The van der Waals surface area contributed by atoms with Crippen molar-refractivity contribution in [2.24, 2.45) is 0 Å². The summed E-state index contributed by atoms with van der Waals surface area (Å²) in [4.78, 5) is 20.0. The topological polar surface area (TPSA) is 74.6 Å². The minimum Gasteiger partial charge on any atom is -0.364 e. The Bertz CT molecular complexity index is 1290. The molecular formula is C25H29ClN6OS. The van der Waals surface area contributed by atoms with Crippen LogP contribution in [-0.4, -0.2) is 39.6 Å². The lowest BCUT2D eigenvalue weighted by molar-refractivity contribution is -0.119. The van der Waals surface area contributed by atoms with Crippen LogP contribution >= 0.6 is 22.9 Å². The van der Waals surface area contributed by atoms with Crippen LogP contribution in [0.3, 0.4) is 0 Å². The first kappa shape index (κ1) is 24.0. The molecule has 0 unspecified atom stereocenters. The maximum atomic E-state index is 12.5. The molecule has 9 heteroatoms. The highest BCUT2D eigenvalue weighted by Gasteiger charge is 2.23. The Morgan fingerprint density at radius 2 is 1.79 bits per heavy atom. The molecule has 0 atom stereocenters. The van der Waals surface area contributed by atoms with Gasteiger partial charge in [-0.15, -0.1) is 5.10 Å². The number of benzene rings is 2. The van der Waals surface area contributed by atoms with E-state index in [9.17, 15) is 4.79 Å². The molecule has 7 nitrogen and oxygen atoms in total. The van der Waals surface area contributed by atoms with Crippen molar-refractivity contribution in [2.45, 2.75) is 39.8 Å². The van der Waals surface area contributed by atoms with Gasteiger partial charge in [0.05, 0.1) is 6.54 Å². The van der Waals surface area contributed by atoms with Crippen LogP contribution in [0.25, 0.3) is 16.2 Å². The number of halogens is 1. The molecule has 34 heavy (non-hydrogen) atoms. The van der Waals surface area contributed by atoms with Crippen LogP contribution in [0.5, 0.6) is 0 Å². The van der Waals surface area contributed by atoms with Gasteiger partial charge in [-0.05, 0) is 45.4 Å². The molecule has 2 aromatic carbocycles.